The number of guanidine groups is 1. The Labute approximate surface area is 182 Å². The van der Waals surface area contributed by atoms with Gasteiger partial charge in [0.1, 0.15) is 12.0 Å². The summed E-state index contributed by atoms with van der Waals surface area (Å²) in [7, 11) is 0. The van der Waals surface area contributed by atoms with Crippen LogP contribution < -0.4 is 5.32 Å². The Balaban J connectivity index is 1.27. The minimum absolute atomic E-state index is 0.289. The minimum Gasteiger partial charge on any atom is -0.443 e. The van der Waals surface area contributed by atoms with Crippen molar-refractivity contribution in [1.29, 1.82) is 0 Å². The Kier molecular flexibility index (Phi) is 7.77. The molecule has 0 saturated carbocycles. The second-order valence-corrected chi connectivity index (χ2v) is 8.75. The second-order valence-electron chi connectivity index (χ2n) is 7.80. The van der Waals surface area contributed by atoms with Gasteiger partial charge < -0.3 is 24.1 Å². The van der Waals surface area contributed by atoms with Crippen LogP contribution in [0.5, 0.6) is 0 Å². The number of aromatic nitrogens is 1. The molecule has 4 rings (SSSR count). The second kappa shape index (κ2) is 10.9. The zero-order valence-electron chi connectivity index (χ0n) is 17.7. The number of hydrogen-bond acceptors (Lipinski definition) is 6. The van der Waals surface area contributed by atoms with E-state index in [0.29, 0.717) is 18.5 Å². The van der Waals surface area contributed by atoms with Crippen molar-refractivity contribution in [2.75, 3.05) is 32.8 Å². The highest BCUT2D eigenvalue weighted by molar-refractivity contribution is 7.13. The maximum Gasteiger partial charge on any atom is 0.236 e. The molecule has 7 nitrogen and oxygen atoms in total. The molecule has 0 spiro atoms. The molecular weight excluding hydrogens is 400 g/mol. The van der Waals surface area contributed by atoms with Crippen molar-refractivity contribution in [2.24, 2.45) is 4.99 Å². The van der Waals surface area contributed by atoms with Gasteiger partial charge in [-0.25, -0.2) is 9.98 Å². The van der Waals surface area contributed by atoms with Crippen molar-refractivity contribution < 1.29 is 13.9 Å². The fraction of sp³-hybridized carbons (Fsp3) is 0.636. The lowest BCUT2D eigenvalue weighted by atomic mass is 10.1. The summed E-state index contributed by atoms with van der Waals surface area (Å²) < 4.78 is 17.5. The van der Waals surface area contributed by atoms with E-state index in [-0.39, 0.29) is 6.10 Å². The van der Waals surface area contributed by atoms with Crippen LogP contribution in [0, 0.1) is 0 Å². The molecular formula is C22H32N4O3S. The van der Waals surface area contributed by atoms with Gasteiger partial charge in [-0.15, -0.1) is 11.3 Å². The summed E-state index contributed by atoms with van der Waals surface area (Å²) in [5.41, 5.74) is 0.847. The number of piperidine rings is 1. The van der Waals surface area contributed by atoms with Gasteiger partial charge in [0.15, 0.2) is 5.96 Å². The van der Waals surface area contributed by atoms with Gasteiger partial charge in [-0.2, -0.15) is 0 Å². The summed E-state index contributed by atoms with van der Waals surface area (Å²) in [6.07, 6.45) is 7.92. The molecule has 2 aliphatic heterocycles. The van der Waals surface area contributed by atoms with Gasteiger partial charge in [0.25, 0.3) is 0 Å². The summed E-state index contributed by atoms with van der Waals surface area (Å²) >= 11 is 1.63. The normalized spacial score (nSPS) is 21.2. The molecule has 4 heterocycles. The molecule has 2 saturated heterocycles. The lowest BCUT2D eigenvalue weighted by Gasteiger charge is -2.35. The monoisotopic (exact) mass is 432 g/mol. The number of aliphatic imine (C=N–C) groups is 1. The zero-order valence-corrected chi connectivity index (χ0v) is 18.5. The molecule has 1 N–H and O–H groups in total. The minimum atomic E-state index is 0.289. The molecule has 1 unspecified atom stereocenters. The molecule has 0 radical (unpaired) electrons. The first-order chi connectivity index (χ1) is 14.8. The van der Waals surface area contributed by atoms with Gasteiger partial charge in [0, 0.05) is 26.2 Å². The van der Waals surface area contributed by atoms with Crippen LogP contribution in [0.3, 0.4) is 0 Å². The predicted molar refractivity (Wildman–Crippen MR) is 119 cm³/mol. The lowest BCUT2D eigenvalue weighted by molar-refractivity contribution is -0.0721. The third-order valence-electron chi connectivity index (χ3n) is 5.54. The molecule has 0 bridgehead atoms. The first-order valence-electron chi connectivity index (χ1n) is 11.1. The molecule has 30 heavy (non-hydrogen) atoms. The Hall–Kier alpha value is -1.90. The molecule has 2 aromatic heterocycles. The van der Waals surface area contributed by atoms with Gasteiger partial charge >= 0.3 is 0 Å². The average Bonchev–Trinajstić information content (AvgIpc) is 3.48. The summed E-state index contributed by atoms with van der Waals surface area (Å²) in [4.78, 5) is 12.7. The first-order valence-corrected chi connectivity index (χ1v) is 11.9. The number of oxazole rings is 1. The molecule has 0 amide bonds. The van der Waals surface area contributed by atoms with E-state index in [2.05, 4.69) is 22.1 Å². The number of thiophene rings is 1. The highest BCUT2D eigenvalue weighted by atomic mass is 32.1. The van der Waals surface area contributed by atoms with Crippen LogP contribution in [0.25, 0.3) is 10.8 Å². The van der Waals surface area contributed by atoms with Crippen LogP contribution >= 0.6 is 11.3 Å². The largest absolute Gasteiger partial charge is 0.443 e. The summed E-state index contributed by atoms with van der Waals surface area (Å²) in [5, 5.41) is 5.44. The fourth-order valence-corrected chi connectivity index (χ4v) is 4.55. The maximum atomic E-state index is 6.14. The summed E-state index contributed by atoms with van der Waals surface area (Å²) in [6, 6.07) is 4.01. The van der Waals surface area contributed by atoms with E-state index in [1.54, 1.807) is 17.6 Å². The first kappa shape index (κ1) is 21.3. The molecule has 164 valence electrons. The van der Waals surface area contributed by atoms with Crippen LogP contribution in [-0.4, -0.2) is 60.9 Å². The Morgan fingerprint density at radius 1 is 1.33 bits per heavy atom. The van der Waals surface area contributed by atoms with Crippen molar-refractivity contribution >= 4 is 17.3 Å². The Morgan fingerprint density at radius 3 is 2.97 bits per heavy atom. The van der Waals surface area contributed by atoms with E-state index in [0.717, 1.165) is 68.6 Å². The van der Waals surface area contributed by atoms with Crippen molar-refractivity contribution in [3.8, 4) is 10.8 Å². The van der Waals surface area contributed by atoms with Gasteiger partial charge in [0.2, 0.25) is 5.89 Å². The predicted octanol–water partition coefficient (Wildman–Crippen LogP) is 3.92. The number of hydrogen-bond donors (Lipinski definition) is 1. The molecule has 2 fully saturated rings. The van der Waals surface area contributed by atoms with Gasteiger partial charge in [-0.1, -0.05) is 6.07 Å². The molecule has 0 aliphatic carbocycles. The topological polar surface area (TPSA) is 72.1 Å². The van der Waals surface area contributed by atoms with E-state index in [1.807, 2.05) is 17.5 Å². The van der Waals surface area contributed by atoms with Crippen molar-refractivity contribution in [2.45, 2.75) is 57.8 Å². The van der Waals surface area contributed by atoms with Gasteiger partial charge in [-0.3, -0.25) is 0 Å². The number of nitrogens with zero attached hydrogens (tertiary/aromatic N) is 3. The van der Waals surface area contributed by atoms with Crippen molar-refractivity contribution in [3.63, 3.8) is 0 Å². The van der Waals surface area contributed by atoms with E-state index >= 15 is 0 Å². The number of likely N-dealkylation sites (tertiary alicyclic amines) is 1. The summed E-state index contributed by atoms with van der Waals surface area (Å²) in [6.45, 7) is 6.95. The van der Waals surface area contributed by atoms with Crippen LogP contribution in [0.2, 0.25) is 0 Å². The zero-order chi connectivity index (χ0) is 20.6. The maximum absolute atomic E-state index is 6.14. The van der Waals surface area contributed by atoms with Crippen LogP contribution in [-0.2, 0) is 16.0 Å². The summed E-state index contributed by atoms with van der Waals surface area (Å²) in [5.74, 6) is 1.60. The molecule has 2 aliphatic rings. The van der Waals surface area contributed by atoms with E-state index in [4.69, 9.17) is 18.9 Å². The van der Waals surface area contributed by atoms with E-state index in [1.165, 1.54) is 12.8 Å². The van der Waals surface area contributed by atoms with Gasteiger partial charge in [0.05, 0.1) is 30.2 Å². The average molecular weight is 433 g/mol. The smallest absolute Gasteiger partial charge is 0.236 e. The third-order valence-corrected chi connectivity index (χ3v) is 6.40. The third kappa shape index (κ3) is 5.83. The number of rotatable bonds is 7. The van der Waals surface area contributed by atoms with Crippen molar-refractivity contribution in [3.05, 3.63) is 29.5 Å². The van der Waals surface area contributed by atoms with E-state index < -0.39 is 0 Å². The number of nitrogens with one attached hydrogen (secondary N) is 1. The fourth-order valence-electron chi connectivity index (χ4n) is 3.89. The molecule has 0 aromatic carbocycles. The quantitative estimate of drug-likeness (QED) is 0.528. The van der Waals surface area contributed by atoms with Crippen LogP contribution in [0.15, 0.2) is 33.2 Å². The Bertz CT molecular complexity index is 778. The van der Waals surface area contributed by atoms with Crippen molar-refractivity contribution in [1.82, 2.24) is 15.2 Å². The van der Waals surface area contributed by atoms with Crippen LogP contribution in [0.4, 0.5) is 0 Å². The highest BCUT2D eigenvalue weighted by Gasteiger charge is 2.24. The Morgan fingerprint density at radius 2 is 2.23 bits per heavy atom. The number of ether oxygens (including phenoxy) is 2. The molecule has 1 atom stereocenters. The molecule has 8 heteroatoms. The van der Waals surface area contributed by atoms with E-state index in [9.17, 15) is 0 Å². The SMILES string of the molecule is CCNC(=NCc1coc(-c2cccs2)n1)N1CCC(OCC2CCCCO2)CC1. The van der Waals surface area contributed by atoms with Crippen LogP contribution in [0.1, 0.15) is 44.7 Å². The highest BCUT2D eigenvalue weighted by Crippen LogP contribution is 2.24. The standard InChI is InChI=1S/C22H32N4O3S/c1-2-23-22(24-14-17-15-29-21(25-17)20-7-5-13-30-20)26-10-8-18(9-11-26)28-16-19-6-3-4-12-27-19/h5,7,13,15,18-19H,2-4,6,8-12,14,16H2,1H3,(H,23,24). The lowest BCUT2D eigenvalue weighted by Crippen LogP contribution is -2.47. The molecule has 2 aromatic rings. The van der Waals surface area contributed by atoms with Gasteiger partial charge in [-0.05, 0) is 50.5 Å².